The molecule has 10 heteroatoms. The molecule has 1 aliphatic heterocycles. The van der Waals surface area contributed by atoms with Crippen LogP contribution >= 0.6 is 9.03 Å². The fraction of sp³-hybridized carbons (Fsp3) is 0.455. The summed E-state index contributed by atoms with van der Waals surface area (Å²) in [5.41, 5.74) is 2.70. The number of terminal acetylenes is 1. The van der Waals surface area contributed by atoms with E-state index in [-0.39, 0.29) is 5.82 Å². The van der Waals surface area contributed by atoms with Gasteiger partial charge in [-0.1, -0.05) is 5.92 Å². The Kier molecular flexibility index (Phi) is 4.56. The van der Waals surface area contributed by atoms with Crippen molar-refractivity contribution in [3.8, 4) is 12.3 Å². The molecule has 0 aliphatic carbocycles. The highest BCUT2D eigenvalue weighted by atomic mass is 31.1. The van der Waals surface area contributed by atoms with Gasteiger partial charge < -0.3 is 25.0 Å². The van der Waals surface area contributed by atoms with E-state index in [9.17, 15) is 14.3 Å². The van der Waals surface area contributed by atoms with Gasteiger partial charge in [-0.15, -0.1) is 6.42 Å². The largest absolute Gasteiger partial charge is 0.386 e. The van der Waals surface area contributed by atoms with Crippen LogP contribution in [0.3, 0.4) is 0 Å². The van der Waals surface area contributed by atoms with Crippen molar-refractivity contribution >= 4 is 14.9 Å². The standard InChI is InChI=1S/C11H13FN3O5P/c1-2-11(5-19-21-18)8(16)7(12)9(20-11)15-4-3-6(13)14-10(15)17/h1,3-4,7-9,16,18,21H,5H2,(H2,13,14,17)/t7-,8-,9+,11+/m0/s1. The molecule has 1 saturated heterocycles. The van der Waals surface area contributed by atoms with Gasteiger partial charge in [0.15, 0.2) is 27.0 Å². The van der Waals surface area contributed by atoms with Crippen LogP contribution in [-0.4, -0.2) is 44.0 Å². The molecule has 0 radical (unpaired) electrons. The smallest absolute Gasteiger partial charge is 0.351 e. The van der Waals surface area contributed by atoms with Gasteiger partial charge in [0.1, 0.15) is 11.9 Å². The summed E-state index contributed by atoms with van der Waals surface area (Å²) in [6.07, 6.45) is 1.30. The monoisotopic (exact) mass is 317 g/mol. The van der Waals surface area contributed by atoms with E-state index >= 15 is 0 Å². The topological polar surface area (TPSA) is 120 Å². The van der Waals surface area contributed by atoms with Gasteiger partial charge in [0, 0.05) is 6.20 Å². The highest BCUT2D eigenvalue weighted by Gasteiger charge is 2.55. The third-order valence-electron chi connectivity index (χ3n) is 3.10. The molecule has 21 heavy (non-hydrogen) atoms. The zero-order chi connectivity index (χ0) is 15.6. The van der Waals surface area contributed by atoms with Crippen molar-refractivity contribution in [2.24, 2.45) is 0 Å². The van der Waals surface area contributed by atoms with Gasteiger partial charge in [0.05, 0.1) is 6.61 Å². The molecule has 0 aromatic carbocycles. The first-order chi connectivity index (χ1) is 9.95. The van der Waals surface area contributed by atoms with Crippen LogP contribution in [-0.2, 0) is 9.26 Å². The zero-order valence-electron chi connectivity index (χ0n) is 10.6. The van der Waals surface area contributed by atoms with Crippen molar-refractivity contribution in [2.75, 3.05) is 12.3 Å². The van der Waals surface area contributed by atoms with Crippen molar-refractivity contribution < 1.29 is 23.7 Å². The van der Waals surface area contributed by atoms with Crippen LogP contribution in [0.1, 0.15) is 6.23 Å². The molecule has 8 nitrogen and oxygen atoms in total. The molecule has 1 aromatic rings. The Morgan fingerprint density at radius 2 is 2.48 bits per heavy atom. The number of hydrogen-bond donors (Lipinski definition) is 3. The van der Waals surface area contributed by atoms with Crippen molar-refractivity contribution in [2.45, 2.75) is 24.1 Å². The maximum Gasteiger partial charge on any atom is 0.351 e. The third kappa shape index (κ3) is 2.77. The lowest BCUT2D eigenvalue weighted by atomic mass is 9.98. The Labute approximate surface area is 120 Å². The Balaban J connectivity index is 2.35. The number of nitrogens with zero attached hydrogens (tertiary/aromatic N) is 2. The molecule has 1 aromatic heterocycles. The van der Waals surface area contributed by atoms with Crippen LogP contribution < -0.4 is 11.4 Å². The summed E-state index contributed by atoms with van der Waals surface area (Å²) in [6, 6.07) is 1.28. The predicted octanol–water partition coefficient (Wildman–Crippen LogP) is -1.06. The third-order valence-corrected chi connectivity index (χ3v) is 3.38. The second-order valence-electron chi connectivity index (χ2n) is 4.35. The highest BCUT2D eigenvalue weighted by molar-refractivity contribution is 7.24. The lowest BCUT2D eigenvalue weighted by Gasteiger charge is -2.25. The molecule has 0 bridgehead atoms. The number of hydrogen-bond acceptors (Lipinski definition) is 7. The van der Waals surface area contributed by atoms with Crippen LogP contribution in [0.2, 0.25) is 0 Å². The first-order valence-electron chi connectivity index (χ1n) is 5.78. The van der Waals surface area contributed by atoms with E-state index in [1.54, 1.807) is 0 Å². The van der Waals surface area contributed by atoms with Gasteiger partial charge in [0.2, 0.25) is 0 Å². The molecule has 1 fully saturated rings. The number of alkyl halides is 1. The Morgan fingerprint density at radius 1 is 1.76 bits per heavy atom. The molecule has 1 aliphatic rings. The molecule has 114 valence electrons. The second-order valence-corrected chi connectivity index (χ2v) is 4.82. The number of aliphatic hydroxyl groups excluding tert-OH is 1. The Hall–Kier alpha value is -1.56. The quantitative estimate of drug-likeness (QED) is 0.478. The van der Waals surface area contributed by atoms with Gasteiger partial charge in [-0.05, 0) is 6.07 Å². The van der Waals surface area contributed by atoms with Crippen LogP contribution in [0.4, 0.5) is 10.2 Å². The Morgan fingerprint density at radius 3 is 3.05 bits per heavy atom. The molecular weight excluding hydrogens is 304 g/mol. The number of halogens is 1. The molecule has 5 atom stereocenters. The minimum atomic E-state index is -1.98. The summed E-state index contributed by atoms with van der Waals surface area (Å²) in [5.74, 6) is 2.09. The predicted molar refractivity (Wildman–Crippen MR) is 72.0 cm³/mol. The van der Waals surface area contributed by atoms with Crippen LogP contribution in [0, 0.1) is 12.3 Å². The number of anilines is 1. The molecule has 4 N–H and O–H groups in total. The SMILES string of the molecule is C#C[C@]1(COPO)O[C@@H](n2ccc(N)nc2=O)[C@@H](F)[C@@H]1O. The van der Waals surface area contributed by atoms with Gasteiger partial charge in [-0.25, -0.2) is 9.18 Å². The number of ether oxygens (including phenoxy) is 1. The van der Waals surface area contributed by atoms with E-state index in [4.69, 9.17) is 26.3 Å². The van der Waals surface area contributed by atoms with Crippen LogP contribution in [0.15, 0.2) is 17.1 Å². The fourth-order valence-corrected chi connectivity index (χ4v) is 2.29. The van der Waals surface area contributed by atoms with Crippen molar-refractivity contribution in [1.29, 1.82) is 0 Å². The average Bonchev–Trinajstić information content (AvgIpc) is 2.71. The van der Waals surface area contributed by atoms with E-state index in [1.165, 1.54) is 12.3 Å². The second kappa shape index (κ2) is 6.05. The first kappa shape index (κ1) is 15.8. The number of nitrogens with two attached hydrogens (primary N) is 1. The summed E-state index contributed by atoms with van der Waals surface area (Å²) >= 11 is 0. The van der Waals surface area contributed by atoms with Gasteiger partial charge >= 0.3 is 5.69 Å². The van der Waals surface area contributed by atoms with Crippen molar-refractivity contribution in [1.82, 2.24) is 9.55 Å². The normalized spacial score (nSPS) is 32.6. The van der Waals surface area contributed by atoms with E-state index in [0.29, 0.717) is 0 Å². The minimum Gasteiger partial charge on any atom is -0.386 e. The van der Waals surface area contributed by atoms with Crippen LogP contribution in [0.5, 0.6) is 0 Å². The number of aliphatic hydroxyl groups is 1. The van der Waals surface area contributed by atoms with Crippen LogP contribution in [0.25, 0.3) is 0 Å². The van der Waals surface area contributed by atoms with Gasteiger partial charge in [0.25, 0.3) is 0 Å². The lowest BCUT2D eigenvalue weighted by molar-refractivity contribution is -0.0864. The fourth-order valence-electron chi connectivity index (χ4n) is 2.01. The minimum absolute atomic E-state index is 0.0294. The maximum atomic E-state index is 14.3. The van der Waals surface area contributed by atoms with E-state index in [2.05, 4.69) is 10.9 Å². The van der Waals surface area contributed by atoms with E-state index in [0.717, 1.165) is 4.57 Å². The molecule has 1 unspecified atom stereocenters. The number of nitrogen functional groups attached to an aromatic ring is 1. The van der Waals surface area contributed by atoms with E-state index < -0.39 is 45.4 Å². The van der Waals surface area contributed by atoms with Crippen molar-refractivity contribution in [3.05, 3.63) is 22.7 Å². The molecule has 2 rings (SSSR count). The molecule has 0 spiro atoms. The van der Waals surface area contributed by atoms with Gasteiger partial charge in [-0.2, -0.15) is 4.98 Å². The summed E-state index contributed by atoms with van der Waals surface area (Å²) in [7, 11) is -0.902. The summed E-state index contributed by atoms with van der Waals surface area (Å²) in [6.45, 7) is -0.423. The Bertz CT molecular complexity index is 621. The molecular formula is C11H13FN3O5P. The van der Waals surface area contributed by atoms with Gasteiger partial charge in [-0.3, -0.25) is 4.57 Å². The van der Waals surface area contributed by atoms with Crippen molar-refractivity contribution in [3.63, 3.8) is 0 Å². The molecule has 0 saturated carbocycles. The summed E-state index contributed by atoms with van der Waals surface area (Å²) < 4.78 is 25.1. The highest BCUT2D eigenvalue weighted by Crippen LogP contribution is 2.39. The first-order valence-corrected chi connectivity index (χ1v) is 6.64. The average molecular weight is 317 g/mol. The molecule has 0 amide bonds. The maximum absolute atomic E-state index is 14.3. The summed E-state index contributed by atoms with van der Waals surface area (Å²) in [5, 5.41) is 9.95. The summed E-state index contributed by atoms with van der Waals surface area (Å²) in [4.78, 5) is 23.8. The number of aromatic nitrogens is 2. The molecule has 2 heterocycles. The zero-order valence-corrected chi connectivity index (χ0v) is 11.6. The number of rotatable bonds is 4. The van der Waals surface area contributed by atoms with E-state index in [1.807, 2.05) is 0 Å². The lowest BCUT2D eigenvalue weighted by Crippen LogP contribution is -2.44.